The third-order valence-electron chi connectivity index (χ3n) is 12.5. The van der Waals surface area contributed by atoms with E-state index in [1.807, 2.05) is 17.5 Å². The van der Waals surface area contributed by atoms with Crippen molar-refractivity contribution in [1.82, 2.24) is 14.5 Å². The number of aromatic nitrogens is 3. The predicted molar refractivity (Wildman–Crippen MR) is 244 cm³/mol. The van der Waals surface area contributed by atoms with Gasteiger partial charge in [-0.15, -0.1) is 51.9 Å². The second-order valence-electron chi connectivity index (χ2n) is 16.0. The summed E-state index contributed by atoms with van der Waals surface area (Å²) in [6.07, 6.45) is 1.96. The summed E-state index contributed by atoms with van der Waals surface area (Å²) in [5.41, 5.74) is 8.99. The number of nitrogens with zero attached hydrogens (tertiary/aromatic N) is 3. The Bertz CT molecular complexity index is 3150. The zero-order chi connectivity index (χ0) is 39.0. The number of benzene rings is 7. The van der Waals surface area contributed by atoms with Crippen LogP contribution in [0.15, 0.2) is 176 Å². The average molecular weight is 884 g/mol. The second-order valence-corrected chi connectivity index (χ2v) is 20.8. The number of para-hydroxylation sites is 2. The van der Waals surface area contributed by atoms with E-state index in [1.165, 1.54) is 57.6 Å². The molecule has 0 spiro atoms. The Morgan fingerprint density at radius 1 is 0.627 bits per heavy atom. The number of rotatable bonds is 6. The van der Waals surface area contributed by atoms with Crippen LogP contribution in [0, 0.1) is 12.1 Å². The van der Waals surface area contributed by atoms with Gasteiger partial charge in [0.1, 0.15) is 8.07 Å². The van der Waals surface area contributed by atoms with Crippen LogP contribution >= 0.6 is 11.3 Å². The van der Waals surface area contributed by atoms with E-state index in [1.54, 1.807) is 0 Å². The molecule has 10 aromatic rings. The molecule has 0 bridgehead atoms. The fourth-order valence-electron chi connectivity index (χ4n) is 9.74. The molecule has 1 aliphatic rings. The van der Waals surface area contributed by atoms with Crippen LogP contribution in [-0.4, -0.2) is 22.6 Å². The molecule has 3 heterocycles. The van der Waals surface area contributed by atoms with Crippen molar-refractivity contribution in [3.05, 3.63) is 216 Å². The molecule has 3 nitrogen and oxygen atoms in total. The first kappa shape index (κ1) is 37.5. The Balaban J connectivity index is 0.00000420. The summed E-state index contributed by atoms with van der Waals surface area (Å²) in [6.45, 7) is 4.72. The van der Waals surface area contributed by atoms with Crippen molar-refractivity contribution in [3.8, 4) is 11.4 Å². The summed E-state index contributed by atoms with van der Waals surface area (Å²) in [5, 5.41) is 7.56. The Morgan fingerprint density at radius 3 is 2.07 bits per heavy atom. The zero-order valence-electron chi connectivity index (χ0n) is 32.9. The van der Waals surface area contributed by atoms with Gasteiger partial charge in [0.15, 0.2) is 0 Å². The van der Waals surface area contributed by atoms with Gasteiger partial charge in [0.25, 0.3) is 0 Å². The van der Waals surface area contributed by atoms with Gasteiger partial charge >= 0.3 is 20.4 Å². The Labute approximate surface area is 363 Å². The molecule has 11 rings (SSSR count). The number of imidazole rings is 1. The standard InChI is InChI=1S/C53H39N3SSi.Pd/c1-53(2)44-26-16-30-54-51(44)50(43-34-49-42(33-45(43)53)41-25-10-13-29-48(41)57-49)35-17-14-23-39(31-35)58(37-19-6-4-7-20-37,38-21-8-5-9-22-38)40-24-15-18-36(32-40)52-55-46-27-11-12-28-47(46)56(52)3;/h4-30,33-34,50H,1-3H3;/q-2;+2. The summed E-state index contributed by atoms with van der Waals surface area (Å²) < 4.78 is 4.81. The molecule has 1 unspecified atom stereocenters. The molecule has 0 amide bonds. The maximum atomic E-state index is 5.21. The van der Waals surface area contributed by atoms with E-state index in [2.05, 4.69) is 207 Å². The molecule has 0 N–H and O–H groups in total. The van der Waals surface area contributed by atoms with Crippen LogP contribution in [0.2, 0.25) is 0 Å². The van der Waals surface area contributed by atoms with E-state index >= 15 is 0 Å². The monoisotopic (exact) mass is 883 g/mol. The van der Waals surface area contributed by atoms with E-state index in [0.29, 0.717) is 0 Å². The molecule has 7 aromatic carbocycles. The summed E-state index contributed by atoms with van der Waals surface area (Å²) in [5.74, 6) is 0.809. The minimum atomic E-state index is -3.06. The Hall–Kier alpha value is -5.74. The Kier molecular flexibility index (Phi) is 9.23. The second kappa shape index (κ2) is 14.5. The molecular weight excluding hydrogens is 845 g/mol. The molecule has 0 aliphatic heterocycles. The van der Waals surface area contributed by atoms with Gasteiger partial charge in [-0.1, -0.05) is 111 Å². The van der Waals surface area contributed by atoms with Crippen molar-refractivity contribution >= 4 is 71.4 Å². The van der Waals surface area contributed by atoms with Crippen molar-refractivity contribution in [2.45, 2.75) is 25.2 Å². The van der Waals surface area contributed by atoms with Crippen molar-refractivity contribution < 1.29 is 20.4 Å². The molecule has 286 valence electrons. The van der Waals surface area contributed by atoms with E-state index < -0.39 is 8.07 Å². The van der Waals surface area contributed by atoms with Gasteiger partial charge in [0.05, 0.1) is 22.6 Å². The van der Waals surface area contributed by atoms with Crippen LogP contribution in [0.1, 0.15) is 47.7 Å². The van der Waals surface area contributed by atoms with Gasteiger partial charge in [0, 0.05) is 44.7 Å². The number of thiophene rings is 1. The SMILES string of the molecule is Cn1c(-c2[c-]c([Si](c3[c-]c(C4c5cc6sc7ccccc7c6cc5C(C)(C)c5cccnc54)ccc3)(c3ccccc3)c3ccccc3)ccc2)nc2ccccc21.[Pd+2]. The van der Waals surface area contributed by atoms with Crippen molar-refractivity contribution in [3.63, 3.8) is 0 Å². The van der Waals surface area contributed by atoms with E-state index in [9.17, 15) is 0 Å². The van der Waals surface area contributed by atoms with Gasteiger partial charge in [-0.3, -0.25) is 9.97 Å². The number of hydrogen-bond acceptors (Lipinski definition) is 3. The van der Waals surface area contributed by atoms with Crippen molar-refractivity contribution in [2.75, 3.05) is 0 Å². The maximum Gasteiger partial charge on any atom is 2.00 e. The minimum Gasteiger partial charge on any atom is -0.367 e. The van der Waals surface area contributed by atoms with Crippen LogP contribution in [-0.2, 0) is 32.9 Å². The molecule has 59 heavy (non-hydrogen) atoms. The molecule has 1 atom stereocenters. The van der Waals surface area contributed by atoms with Gasteiger partial charge < -0.3 is 4.57 Å². The first-order chi connectivity index (χ1) is 28.4. The Morgan fingerprint density at radius 2 is 1.31 bits per heavy atom. The normalized spacial score (nSPS) is 14.5. The fraction of sp³-hybridized carbons (Fsp3) is 0.0943. The molecule has 6 heteroatoms. The number of aryl methyl sites for hydroxylation is 1. The summed E-state index contributed by atoms with van der Waals surface area (Å²) in [4.78, 5) is 10.3. The molecule has 0 fully saturated rings. The van der Waals surface area contributed by atoms with Crippen LogP contribution in [0.3, 0.4) is 0 Å². The predicted octanol–water partition coefficient (Wildman–Crippen LogP) is 9.80. The van der Waals surface area contributed by atoms with Crippen molar-refractivity contribution in [2.24, 2.45) is 7.05 Å². The number of pyridine rings is 1. The average Bonchev–Trinajstić information content (AvgIpc) is 3.81. The van der Waals surface area contributed by atoms with Crippen LogP contribution < -0.4 is 20.7 Å². The molecule has 1 aliphatic carbocycles. The first-order valence-corrected chi connectivity index (χ1v) is 22.7. The summed E-state index contributed by atoms with van der Waals surface area (Å²) in [7, 11) is -0.959. The zero-order valence-corrected chi connectivity index (χ0v) is 36.3. The largest absolute Gasteiger partial charge is 2.00 e. The quantitative estimate of drug-likeness (QED) is 0.0947. The molecule has 0 saturated carbocycles. The topological polar surface area (TPSA) is 30.7 Å². The van der Waals surface area contributed by atoms with Gasteiger partial charge in [-0.25, -0.2) is 0 Å². The maximum absolute atomic E-state index is 5.21. The smallest absolute Gasteiger partial charge is 0.367 e. The van der Waals surface area contributed by atoms with Crippen LogP contribution in [0.5, 0.6) is 0 Å². The molecule has 0 saturated heterocycles. The number of fused-ring (bicyclic) bond motifs is 6. The van der Waals surface area contributed by atoms with E-state index in [-0.39, 0.29) is 31.8 Å². The molecule has 3 aromatic heterocycles. The molecule has 0 radical (unpaired) electrons. The number of hydrogen-bond donors (Lipinski definition) is 0. The summed E-state index contributed by atoms with van der Waals surface area (Å²) >= 11 is 1.88. The minimum absolute atomic E-state index is 0. The third kappa shape index (κ3) is 5.77. The first-order valence-electron chi connectivity index (χ1n) is 19.9. The van der Waals surface area contributed by atoms with Crippen molar-refractivity contribution in [1.29, 1.82) is 0 Å². The molecular formula is C53H39N3PdSSi. The summed E-state index contributed by atoms with van der Waals surface area (Å²) in [6, 6.07) is 70.3. The van der Waals surface area contributed by atoms with E-state index in [4.69, 9.17) is 9.97 Å². The van der Waals surface area contributed by atoms with Gasteiger partial charge in [-0.05, 0) is 63.5 Å². The van der Waals surface area contributed by atoms with E-state index in [0.717, 1.165) is 33.7 Å². The van der Waals surface area contributed by atoms with Gasteiger partial charge in [-0.2, -0.15) is 29.5 Å². The fourth-order valence-corrected chi connectivity index (χ4v) is 15.5. The van der Waals surface area contributed by atoms with Gasteiger partial charge in [0.2, 0.25) is 0 Å². The van der Waals surface area contributed by atoms with Crippen LogP contribution in [0.4, 0.5) is 0 Å². The van der Waals surface area contributed by atoms with Crippen LogP contribution in [0.25, 0.3) is 42.6 Å². The third-order valence-corrected chi connectivity index (χ3v) is 18.2.